The Hall–Kier alpha value is -0.220. The molecule has 0 aromatic heterocycles. The van der Waals surface area contributed by atoms with Crippen molar-refractivity contribution in [1.29, 1.82) is 0 Å². The molecule has 88 valence electrons. The number of hydrogen-bond acceptors (Lipinski definition) is 4. The molecule has 1 fully saturated rings. The van der Waals surface area contributed by atoms with Gasteiger partial charge in [-0.1, -0.05) is 0 Å². The first kappa shape index (κ1) is 12.8. The monoisotopic (exact) mass is 231 g/mol. The van der Waals surface area contributed by atoms with Gasteiger partial charge in [-0.05, 0) is 44.7 Å². The average Bonchev–Trinajstić information content (AvgIpc) is 3.00. The fraction of sp³-hybridized carbons (Fsp3) is 0.909. The minimum atomic E-state index is -0.0754. The number of hydrogen-bond donors (Lipinski definition) is 0. The maximum absolute atomic E-state index is 11.3. The van der Waals surface area contributed by atoms with Crippen molar-refractivity contribution in [2.75, 3.05) is 31.7 Å². The highest BCUT2D eigenvalue weighted by atomic mass is 32.2. The third-order valence-electron chi connectivity index (χ3n) is 2.49. The fourth-order valence-electron chi connectivity index (χ4n) is 1.61. The van der Waals surface area contributed by atoms with E-state index in [1.807, 2.05) is 18.7 Å². The second-order valence-electron chi connectivity index (χ2n) is 3.85. The van der Waals surface area contributed by atoms with Crippen LogP contribution in [0.3, 0.4) is 0 Å². The Kier molecular flexibility index (Phi) is 6.10. The van der Waals surface area contributed by atoms with Crippen LogP contribution in [0.5, 0.6) is 0 Å². The van der Waals surface area contributed by atoms with Crippen molar-refractivity contribution in [2.24, 2.45) is 0 Å². The van der Waals surface area contributed by atoms with Crippen molar-refractivity contribution >= 4 is 17.7 Å². The number of nitrogens with zero attached hydrogens (tertiary/aromatic N) is 1. The van der Waals surface area contributed by atoms with Crippen molar-refractivity contribution < 1.29 is 9.53 Å². The van der Waals surface area contributed by atoms with E-state index in [9.17, 15) is 4.79 Å². The molecule has 1 aliphatic carbocycles. The summed E-state index contributed by atoms with van der Waals surface area (Å²) in [5.74, 6) is 1.10. The molecular formula is C11H21NO2S. The normalized spacial score (nSPS) is 15.7. The first-order chi connectivity index (χ1) is 7.27. The lowest BCUT2D eigenvalue weighted by Gasteiger charge is -2.20. The smallest absolute Gasteiger partial charge is 0.320 e. The van der Waals surface area contributed by atoms with Crippen molar-refractivity contribution in [3.63, 3.8) is 0 Å². The summed E-state index contributed by atoms with van der Waals surface area (Å²) >= 11 is 1.86. The molecule has 0 aromatic rings. The van der Waals surface area contributed by atoms with Crippen molar-refractivity contribution in [1.82, 2.24) is 4.90 Å². The molecule has 3 nitrogen and oxygen atoms in total. The lowest BCUT2D eigenvalue weighted by atomic mass is 10.4. The van der Waals surface area contributed by atoms with Gasteiger partial charge < -0.3 is 4.74 Å². The van der Waals surface area contributed by atoms with Gasteiger partial charge in [0.1, 0.15) is 0 Å². The highest BCUT2D eigenvalue weighted by Gasteiger charge is 2.29. The zero-order valence-electron chi connectivity index (χ0n) is 9.70. The molecular weight excluding hydrogens is 210 g/mol. The summed E-state index contributed by atoms with van der Waals surface area (Å²) in [5.41, 5.74) is 0. The molecule has 0 radical (unpaired) electrons. The number of carbonyl (C=O) groups is 1. The minimum absolute atomic E-state index is 0.0754. The number of carbonyl (C=O) groups excluding carboxylic acids is 1. The maximum Gasteiger partial charge on any atom is 0.320 e. The summed E-state index contributed by atoms with van der Waals surface area (Å²) in [7, 11) is 0. The van der Waals surface area contributed by atoms with Crippen LogP contribution in [-0.2, 0) is 9.53 Å². The predicted molar refractivity (Wildman–Crippen MR) is 64.2 cm³/mol. The molecule has 1 saturated carbocycles. The first-order valence-corrected chi connectivity index (χ1v) is 7.06. The summed E-state index contributed by atoms with van der Waals surface area (Å²) in [6.45, 7) is 3.85. The van der Waals surface area contributed by atoms with Crippen LogP contribution in [0.1, 0.15) is 26.2 Å². The standard InChI is InChI=1S/C11H21NO2S/c1-3-14-11(13)9-12(10-5-6-10)7-4-8-15-2/h10H,3-9H2,1-2H3. The van der Waals surface area contributed by atoms with E-state index >= 15 is 0 Å². The molecule has 0 atom stereocenters. The largest absolute Gasteiger partial charge is 0.465 e. The van der Waals surface area contributed by atoms with Crippen molar-refractivity contribution in [3.05, 3.63) is 0 Å². The summed E-state index contributed by atoms with van der Waals surface area (Å²) in [4.78, 5) is 13.6. The van der Waals surface area contributed by atoms with E-state index in [0.29, 0.717) is 19.2 Å². The first-order valence-electron chi connectivity index (χ1n) is 5.66. The fourth-order valence-corrected chi connectivity index (χ4v) is 2.03. The highest BCUT2D eigenvalue weighted by Crippen LogP contribution is 2.26. The van der Waals surface area contributed by atoms with Gasteiger partial charge in [0.05, 0.1) is 13.2 Å². The summed E-state index contributed by atoms with van der Waals surface area (Å²) in [6, 6.07) is 0.649. The Bertz CT molecular complexity index is 195. The lowest BCUT2D eigenvalue weighted by molar-refractivity contribution is -0.144. The topological polar surface area (TPSA) is 29.5 Å². The van der Waals surface area contributed by atoms with Crippen LogP contribution < -0.4 is 0 Å². The Morgan fingerprint density at radius 3 is 2.80 bits per heavy atom. The third-order valence-corrected chi connectivity index (χ3v) is 3.19. The highest BCUT2D eigenvalue weighted by molar-refractivity contribution is 7.98. The van der Waals surface area contributed by atoms with E-state index in [-0.39, 0.29) is 5.97 Å². The number of ether oxygens (including phenoxy) is 1. The molecule has 0 amide bonds. The lowest BCUT2D eigenvalue weighted by Crippen LogP contribution is -2.34. The summed E-state index contributed by atoms with van der Waals surface area (Å²) in [5, 5.41) is 0. The number of rotatable bonds is 8. The molecule has 0 bridgehead atoms. The molecule has 0 aliphatic heterocycles. The molecule has 0 saturated heterocycles. The van der Waals surface area contributed by atoms with Crippen LogP contribution in [-0.4, -0.2) is 48.6 Å². The van der Waals surface area contributed by atoms with E-state index in [0.717, 1.165) is 13.0 Å². The van der Waals surface area contributed by atoms with Gasteiger partial charge in [0, 0.05) is 6.04 Å². The molecule has 0 N–H and O–H groups in total. The van der Waals surface area contributed by atoms with Crippen LogP contribution in [0.2, 0.25) is 0 Å². The second kappa shape index (κ2) is 7.12. The van der Waals surface area contributed by atoms with Gasteiger partial charge in [0.25, 0.3) is 0 Å². The van der Waals surface area contributed by atoms with Crippen molar-refractivity contribution in [2.45, 2.75) is 32.2 Å². The van der Waals surface area contributed by atoms with Crippen molar-refractivity contribution in [3.8, 4) is 0 Å². The van der Waals surface area contributed by atoms with E-state index in [2.05, 4.69) is 11.2 Å². The van der Waals surface area contributed by atoms with Crippen LogP contribution in [0.4, 0.5) is 0 Å². The second-order valence-corrected chi connectivity index (χ2v) is 4.84. The zero-order valence-corrected chi connectivity index (χ0v) is 10.5. The van der Waals surface area contributed by atoms with Gasteiger partial charge in [0.2, 0.25) is 0 Å². The molecule has 0 heterocycles. The van der Waals surface area contributed by atoms with Crippen LogP contribution in [0, 0.1) is 0 Å². The molecule has 0 spiro atoms. The van der Waals surface area contributed by atoms with Gasteiger partial charge >= 0.3 is 5.97 Å². The zero-order chi connectivity index (χ0) is 11.1. The molecule has 0 aromatic carbocycles. The van der Waals surface area contributed by atoms with E-state index in [4.69, 9.17) is 4.74 Å². The van der Waals surface area contributed by atoms with Gasteiger partial charge in [0.15, 0.2) is 0 Å². The van der Waals surface area contributed by atoms with Crippen LogP contribution in [0.25, 0.3) is 0 Å². The quantitative estimate of drug-likeness (QED) is 0.470. The van der Waals surface area contributed by atoms with Gasteiger partial charge in [-0.2, -0.15) is 11.8 Å². The predicted octanol–water partition coefficient (Wildman–Crippen LogP) is 1.77. The minimum Gasteiger partial charge on any atom is -0.465 e. The van der Waals surface area contributed by atoms with Crippen LogP contribution >= 0.6 is 11.8 Å². The number of thioether (sulfide) groups is 1. The Balaban J connectivity index is 2.20. The summed E-state index contributed by atoms with van der Waals surface area (Å²) < 4.78 is 4.97. The van der Waals surface area contributed by atoms with E-state index < -0.39 is 0 Å². The Labute approximate surface area is 96.5 Å². The molecule has 15 heavy (non-hydrogen) atoms. The molecule has 1 rings (SSSR count). The SMILES string of the molecule is CCOC(=O)CN(CCCSC)C1CC1. The third kappa shape index (κ3) is 5.42. The van der Waals surface area contributed by atoms with Crippen LogP contribution in [0.15, 0.2) is 0 Å². The molecule has 4 heteroatoms. The van der Waals surface area contributed by atoms with Gasteiger partial charge in [-0.25, -0.2) is 0 Å². The van der Waals surface area contributed by atoms with E-state index in [1.54, 1.807) is 0 Å². The number of esters is 1. The van der Waals surface area contributed by atoms with Gasteiger partial charge in [-0.15, -0.1) is 0 Å². The summed E-state index contributed by atoms with van der Waals surface area (Å²) in [6.07, 6.45) is 5.78. The Morgan fingerprint density at radius 1 is 1.53 bits per heavy atom. The molecule has 1 aliphatic rings. The molecule has 0 unspecified atom stereocenters. The van der Waals surface area contributed by atoms with Gasteiger partial charge in [-0.3, -0.25) is 9.69 Å². The Morgan fingerprint density at radius 2 is 2.27 bits per heavy atom. The average molecular weight is 231 g/mol. The van der Waals surface area contributed by atoms with E-state index in [1.165, 1.54) is 18.6 Å². The maximum atomic E-state index is 11.3.